The van der Waals surface area contributed by atoms with Gasteiger partial charge < -0.3 is 5.32 Å². The van der Waals surface area contributed by atoms with Crippen molar-refractivity contribution in [3.05, 3.63) is 11.6 Å². The number of likely N-dealkylation sites (tertiary alicyclic amines) is 1. The van der Waals surface area contributed by atoms with E-state index >= 15 is 0 Å². The van der Waals surface area contributed by atoms with Gasteiger partial charge in [-0.25, -0.2) is 0 Å². The average Bonchev–Trinajstić information content (AvgIpc) is 2.49. The highest BCUT2D eigenvalue weighted by molar-refractivity contribution is 5.23. The molecule has 0 bridgehead atoms. The standard InChI is InChI=1S/C17H33N3/c1-5-16(15(2)19-13-9-18-10-14-19)17(3,4)20-11-7-6-8-12-20/h5,15,18H,6-14H2,1-4H3/b16-5+. The predicted molar refractivity (Wildman–Crippen MR) is 87.2 cm³/mol. The first-order chi connectivity index (χ1) is 9.57. The Labute approximate surface area is 125 Å². The van der Waals surface area contributed by atoms with E-state index in [2.05, 4.69) is 48.9 Å². The van der Waals surface area contributed by atoms with E-state index in [1.807, 2.05) is 0 Å². The molecule has 2 heterocycles. The van der Waals surface area contributed by atoms with Gasteiger partial charge in [-0.1, -0.05) is 12.5 Å². The van der Waals surface area contributed by atoms with Gasteiger partial charge in [0.2, 0.25) is 0 Å². The molecule has 2 rings (SSSR count). The Morgan fingerprint density at radius 2 is 1.65 bits per heavy atom. The van der Waals surface area contributed by atoms with E-state index in [1.54, 1.807) is 5.57 Å². The average molecular weight is 279 g/mol. The highest BCUT2D eigenvalue weighted by atomic mass is 15.2. The second kappa shape index (κ2) is 7.06. The molecule has 1 unspecified atom stereocenters. The molecule has 0 aliphatic carbocycles. The van der Waals surface area contributed by atoms with Crippen LogP contribution in [0.3, 0.4) is 0 Å². The molecule has 1 N–H and O–H groups in total. The van der Waals surface area contributed by atoms with Gasteiger partial charge in [-0.05, 0) is 59.2 Å². The van der Waals surface area contributed by atoms with Crippen molar-refractivity contribution in [3.63, 3.8) is 0 Å². The van der Waals surface area contributed by atoms with E-state index < -0.39 is 0 Å². The second-order valence-corrected chi connectivity index (χ2v) is 6.81. The zero-order chi connectivity index (χ0) is 14.6. The molecule has 0 aromatic heterocycles. The second-order valence-electron chi connectivity index (χ2n) is 6.81. The van der Waals surface area contributed by atoms with Crippen molar-refractivity contribution in [1.82, 2.24) is 15.1 Å². The molecule has 116 valence electrons. The molecular formula is C17H33N3. The molecule has 1 atom stereocenters. The first-order valence-corrected chi connectivity index (χ1v) is 8.44. The molecule has 2 fully saturated rings. The third kappa shape index (κ3) is 3.44. The number of nitrogens with zero attached hydrogens (tertiary/aromatic N) is 2. The summed E-state index contributed by atoms with van der Waals surface area (Å²) in [7, 11) is 0. The van der Waals surface area contributed by atoms with Crippen molar-refractivity contribution in [2.24, 2.45) is 0 Å². The van der Waals surface area contributed by atoms with Gasteiger partial charge >= 0.3 is 0 Å². The Hall–Kier alpha value is -0.380. The third-order valence-electron chi connectivity index (χ3n) is 5.31. The van der Waals surface area contributed by atoms with Crippen LogP contribution in [0.25, 0.3) is 0 Å². The summed E-state index contributed by atoms with van der Waals surface area (Å²) in [5.74, 6) is 0. The summed E-state index contributed by atoms with van der Waals surface area (Å²) in [6.45, 7) is 16.6. The summed E-state index contributed by atoms with van der Waals surface area (Å²) in [5.41, 5.74) is 1.79. The summed E-state index contributed by atoms with van der Waals surface area (Å²) in [4.78, 5) is 5.34. The molecule has 0 spiro atoms. The first kappa shape index (κ1) is 16.0. The van der Waals surface area contributed by atoms with E-state index in [1.165, 1.54) is 45.4 Å². The van der Waals surface area contributed by atoms with Crippen molar-refractivity contribution in [1.29, 1.82) is 0 Å². The number of piperidine rings is 1. The van der Waals surface area contributed by atoms with Crippen LogP contribution < -0.4 is 5.32 Å². The Bertz CT molecular complexity index is 323. The summed E-state index contributed by atoms with van der Waals surface area (Å²) in [5, 5.41) is 3.46. The van der Waals surface area contributed by atoms with E-state index in [0.717, 1.165) is 13.1 Å². The van der Waals surface area contributed by atoms with E-state index in [0.29, 0.717) is 6.04 Å². The van der Waals surface area contributed by atoms with Crippen LogP contribution in [0.2, 0.25) is 0 Å². The van der Waals surface area contributed by atoms with Gasteiger partial charge in [0.05, 0.1) is 0 Å². The van der Waals surface area contributed by atoms with Crippen LogP contribution in [0, 0.1) is 0 Å². The van der Waals surface area contributed by atoms with Gasteiger partial charge in [0.25, 0.3) is 0 Å². The fraction of sp³-hybridized carbons (Fsp3) is 0.882. The van der Waals surface area contributed by atoms with E-state index in [4.69, 9.17) is 0 Å². The largest absolute Gasteiger partial charge is 0.314 e. The number of hydrogen-bond acceptors (Lipinski definition) is 3. The van der Waals surface area contributed by atoms with Crippen molar-refractivity contribution < 1.29 is 0 Å². The van der Waals surface area contributed by atoms with Crippen LogP contribution in [0.5, 0.6) is 0 Å². The Morgan fingerprint density at radius 1 is 1.05 bits per heavy atom. The minimum absolute atomic E-state index is 0.194. The molecule has 2 aliphatic rings. The van der Waals surface area contributed by atoms with Crippen molar-refractivity contribution in [2.45, 2.75) is 58.5 Å². The van der Waals surface area contributed by atoms with Crippen molar-refractivity contribution in [3.8, 4) is 0 Å². The summed E-state index contributed by atoms with van der Waals surface area (Å²) in [6.07, 6.45) is 6.51. The van der Waals surface area contributed by atoms with Crippen LogP contribution in [0.15, 0.2) is 11.6 Å². The topological polar surface area (TPSA) is 18.5 Å². The zero-order valence-corrected chi connectivity index (χ0v) is 13.9. The van der Waals surface area contributed by atoms with Crippen molar-refractivity contribution >= 4 is 0 Å². The number of allylic oxidation sites excluding steroid dienone is 1. The highest BCUT2D eigenvalue weighted by Crippen LogP contribution is 2.31. The zero-order valence-electron chi connectivity index (χ0n) is 13.9. The lowest BCUT2D eigenvalue weighted by molar-refractivity contribution is 0.101. The molecule has 0 saturated carbocycles. The number of hydrogen-bond donors (Lipinski definition) is 1. The van der Waals surface area contributed by atoms with Crippen molar-refractivity contribution in [2.75, 3.05) is 39.3 Å². The Morgan fingerprint density at radius 3 is 2.20 bits per heavy atom. The maximum atomic E-state index is 3.46. The Kier molecular flexibility index (Phi) is 5.65. The quantitative estimate of drug-likeness (QED) is 0.798. The van der Waals surface area contributed by atoms with Crippen LogP contribution in [0.4, 0.5) is 0 Å². The lowest BCUT2D eigenvalue weighted by Crippen LogP contribution is -2.55. The van der Waals surface area contributed by atoms with Gasteiger partial charge in [-0.15, -0.1) is 0 Å². The molecule has 2 saturated heterocycles. The van der Waals surface area contributed by atoms with Gasteiger partial charge in [0.15, 0.2) is 0 Å². The maximum Gasteiger partial charge on any atom is 0.0379 e. The molecule has 0 radical (unpaired) electrons. The van der Waals surface area contributed by atoms with Crippen LogP contribution >= 0.6 is 0 Å². The van der Waals surface area contributed by atoms with E-state index in [9.17, 15) is 0 Å². The molecule has 3 nitrogen and oxygen atoms in total. The lowest BCUT2D eigenvalue weighted by atomic mass is 9.84. The molecule has 0 aromatic rings. The first-order valence-electron chi connectivity index (χ1n) is 8.44. The fourth-order valence-electron chi connectivity index (χ4n) is 4.01. The maximum absolute atomic E-state index is 3.46. The van der Waals surface area contributed by atoms with Gasteiger partial charge in [-0.3, -0.25) is 9.80 Å². The van der Waals surface area contributed by atoms with Crippen LogP contribution in [0.1, 0.15) is 47.0 Å². The SMILES string of the molecule is C/C=C(\C(C)N1CCNCC1)C(C)(C)N1CCCCC1. The molecule has 2 aliphatic heterocycles. The summed E-state index contributed by atoms with van der Waals surface area (Å²) in [6, 6.07) is 0.555. The van der Waals surface area contributed by atoms with Crippen LogP contribution in [-0.2, 0) is 0 Å². The predicted octanol–water partition coefficient (Wildman–Crippen LogP) is 2.49. The van der Waals surface area contributed by atoms with Crippen LogP contribution in [-0.4, -0.2) is 60.6 Å². The number of piperazine rings is 1. The molecule has 20 heavy (non-hydrogen) atoms. The molecule has 0 amide bonds. The normalized spacial score (nSPS) is 25.7. The monoisotopic (exact) mass is 279 g/mol. The minimum atomic E-state index is 0.194. The molecular weight excluding hydrogens is 246 g/mol. The number of rotatable bonds is 4. The fourth-order valence-corrected chi connectivity index (χ4v) is 4.01. The van der Waals surface area contributed by atoms with E-state index in [-0.39, 0.29) is 5.54 Å². The smallest absolute Gasteiger partial charge is 0.0379 e. The van der Waals surface area contributed by atoms with Gasteiger partial charge in [0.1, 0.15) is 0 Å². The Balaban J connectivity index is 2.08. The number of nitrogens with one attached hydrogen (secondary N) is 1. The lowest BCUT2D eigenvalue weighted by Gasteiger charge is -2.47. The van der Waals surface area contributed by atoms with Gasteiger partial charge in [0, 0.05) is 37.8 Å². The molecule has 0 aromatic carbocycles. The van der Waals surface area contributed by atoms with Gasteiger partial charge in [-0.2, -0.15) is 0 Å². The highest BCUT2D eigenvalue weighted by Gasteiger charge is 2.35. The minimum Gasteiger partial charge on any atom is -0.314 e. The third-order valence-corrected chi connectivity index (χ3v) is 5.31. The molecule has 3 heteroatoms. The summed E-state index contributed by atoms with van der Waals surface area (Å²) < 4.78 is 0. The summed E-state index contributed by atoms with van der Waals surface area (Å²) >= 11 is 0.